The lowest BCUT2D eigenvalue weighted by Crippen LogP contribution is -2.35. The molecule has 1 amide bonds. The van der Waals surface area contributed by atoms with E-state index < -0.39 is 0 Å². The maximum Gasteiger partial charge on any atom is 0.273 e. The molecule has 1 unspecified atom stereocenters. The molecule has 28 heavy (non-hydrogen) atoms. The van der Waals surface area contributed by atoms with Gasteiger partial charge in [-0.3, -0.25) is 4.79 Å². The first kappa shape index (κ1) is 19.8. The van der Waals surface area contributed by atoms with E-state index in [4.69, 9.17) is 0 Å². The van der Waals surface area contributed by atoms with Gasteiger partial charge in [0, 0.05) is 6.54 Å². The van der Waals surface area contributed by atoms with Gasteiger partial charge in [-0.15, -0.1) is 5.10 Å². The zero-order valence-electron chi connectivity index (χ0n) is 17.1. The lowest BCUT2D eigenvalue weighted by molar-refractivity contribution is 0.0936. The Labute approximate surface area is 166 Å². The molecular formula is C22H27N5O. The molecule has 0 aliphatic rings. The number of rotatable bonds is 6. The van der Waals surface area contributed by atoms with Crippen LogP contribution in [0.3, 0.4) is 0 Å². The summed E-state index contributed by atoms with van der Waals surface area (Å²) in [5.41, 5.74) is 5.48. The van der Waals surface area contributed by atoms with Crippen LogP contribution in [-0.2, 0) is 0 Å². The van der Waals surface area contributed by atoms with Crippen LogP contribution in [0.2, 0.25) is 0 Å². The minimum atomic E-state index is -0.213. The third-order valence-corrected chi connectivity index (χ3v) is 4.90. The van der Waals surface area contributed by atoms with Crippen molar-refractivity contribution in [1.82, 2.24) is 25.2 Å². The highest BCUT2D eigenvalue weighted by Crippen LogP contribution is 2.18. The monoisotopic (exact) mass is 377 g/mol. The lowest BCUT2D eigenvalue weighted by atomic mass is 10.0. The summed E-state index contributed by atoms with van der Waals surface area (Å²) in [6.45, 7) is 6.44. The van der Waals surface area contributed by atoms with Gasteiger partial charge in [0.15, 0.2) is 5.69 Å². The molecule has 6 nitrogen and oxygen atoms in total. The van der Waals surface area contributed by atoms with E-state index in [1.54, 1.807) is 4.68 Å². The highest BCUT2D eigenvalue weighted by molar-refractivity contribution is 5.93. The standard InChI is InChI=1S/C22H27N5O/c1-15-9-11-18(12-10-15)20(26(4)5)14-23-22(28)21-17(3)27(25-24-21)19-8-6-7-16(2)13-19/h6-13,20H,14H2,1-5H3,(H,23,28). The number of aryl methyl sites for hydroxylation is 2. The number of hydrogen-bond donors (Lipinski definition) is 1. The Morgan fingerprint density at radius 3 is 2.43 bits per heavy atom. The molecule has 0 radical (unpaired) electrons. The molecule has 0 saturated heterocycles. The van der Waals surface area contributed by atoms with Crippen molar-refractivity contribution in [3.05, 3.63) is 76.6 Å². The number of nitrogens with zero attached hydrogens (tertiary/aromatic N) is 4. The molecule has 3 rings (SSSR count). The summed E-state index contributed by atoms with van der Waals surface area (Å²) in [6.07, 6.45) is 0. The van der Waals surface area contributed by atoms with Crippen molar-refractivity contribution in [3.63, 3.8) is 0 Å². The number of hydrogen-bond acceptors (Lipinski definition) is 4. The number of amides is 1. The minimum absolute atomic E-state index is 0.0803. The largest absolute Gasteiger partial charge is 0.349 e. The number of likely N-dealkylation sites (N-methyl/N-ethyl adjacent to an activating group) is 1. The van der Waals surface area contributed by atoms with Crippen molar-refractivity contribution in [2.45, 2.75) is 26.8 Å². The van der Waals surface area contributed by atoms with E-state index >= 15 is 0 Å². The molecule has 1 aromatic heterocycles. The summed E-state index contributed by atoms with van der Waals surface area (Å²) in [6, 6.07) is 16.4. The maximum atomic E-state index is 12.7. The molecule has 0 aliphatic heterocycles. The Hall–Kier alpha value is -2.99. The Morgan fingerprint density at radius 2 is 1.79 bits per heavy atom. The van der Waals surface area contributed by atoms with E-state index in [9.17, 15) is 4.79 Å². The number of carbonyl (C=O) groups is 1. The van der Waals surface area contributed by atoms with Crippen molar-refractivity contribution < 1.29 is 4.79 Å². The quantitative estimate of drug-likeness (QED) is 0.716. The Balaban J connectivity index is 1.75. The smallest absolute Gasteiger partial charge is 0.273 e. The summed E-state index contributed by atoms with van der Waals surface area (Å²) in [7, 11) is 4.02. The Bertz CT molecular complexity index is 959. The summed E-state index contributed by atoms with van der Waals surface area (Å²) >= 11 is 0. The van der Waals surface area contributed by atoms with Gasteiger partial charge < -0.3 is 10.2 Å². The topological polar surface area (TPSA) is 63.1 Å². The van der Waals surface area contributed by atoms with Crippen LogP contribution < -0.4 is 5.32 Å². The molecule has 1 N–H and O–H groups in total. The van der Waals surface area contributed by atoms with E-state index in [0.717, 1.165) is 22.5 Å². The molecule has 146 valence electrons. The van der Waals surface area contributed by atoms with Gasteiger partial charge >= 0.3 is 0 Å². The van der Waals surface area contributed by atoms with Gasteiger partial charge in [0.2, 0.25) is 0 Å². The van der Waals surface area contributed by atoms with Crippen molar-refractivity contribution in [2.75, 3.05) is 20.6 Å². The van der Waals surface area contributed by atoms with Crippen molar-refractivity contribution in [1.29, 1.82) is 0 Å². The van der Waals surface area contributed by atoms with E-state index in [-0.39, 0.29) is 11.9 Å². The fraction of sp³-hybridized carbons (Fsp3) is 0.318. The van der Waals surface area contributed by atoms with Crippen LogP contribution in [0.15, 0.2) is 48.5 Å². The Kier molecular flexibility index (Phi) is 5.90. The van der Waals surface area contributed by atoms with Crippen LogP contribution in [0.1, 0.15) is 38.9 Å². The fourth-order valence-corrected chi connectivity index (χ4v) is 3.20. The third kappa shape index (κ3) is 4.28. The first-order chi connectivity index (χ1) is 13.4. The molecule has 3 aromatic rings. The molecule has 6 heteroatoms. The zero-order valence-corrected chi connectivity index (χ0v) is 17.1. The number of nitrogens with one attached hydrogen (secondary N) is 1. The van der Waals surface area contributed by atoms with Crippen LogP contribution in [0, 0.1) is 20.8 Å². The predicted molar refractivity (Wildman–Crippen MR) is 111 cm³/mol. The van der Waals surface area contributed by atoms with Gasteiger partial charge in [-0.25, -0.2) is 4.68 Å². The van der Waals surface area contributed by atoms with E-state index in [2.05, 4.69) is 51.7 Å². The van der Waals surface area contributed by atoms with Gasteiger partial charge in [0.25, 0.3) is 5.91 Å². The number of benzene rings is 2. The van der Waals surface area contributed by atoms with Crippen LogP contribution in [0.5, 0.6) is 0 Å². The predicted octanol–water partition coefficient (Wildman–Crippen LogP) is 3.23. The molecule has 1 heterocycles. The Morgan fingerprint density at radius 1 is 1.07 bits per heavy atom. The number of aromatic nitrogens is 3. The molecule has 0 fully saturated rings. The molecular weight excluding hydrogens is 350 g/mol. The molecule has 1 atom stereocenters. The molecule has 0 saturated carbocycles. The first-order valence-corrected chi connectivity index (χ1v) is 9.37. The maximum absolute atomic E-state index is 12.7. The second-order valence-electron chi connectivity index (χ2n) is 7.37. The average molecular weight is 377 g/mol. The van der Waals surface area contributed by atoms with Crippen molar-refractivity contribution >= 4 is 5.91 Å². The van der Waals surface area contributed by atoms with Gasteiger partial charge in [0.1, 0.15) is 0 Å². The molecule has 0 bridgehead atoms. The zero-order chi connectivity index (χ0) is 20.3. The molecule has 2 aromatic carbocycles. The third-order valence-electron chi connectivity index (χ3n) is 4.90. The molecule has 0 aliphatic carbocycles. The first-order valence-electron chi connectivity index (χ1n) is 9.37. The minimum Gasteiger partial charge on any atom is -0.349 e. The van der Waals surface area contributed by atoms with Gasteiger partial charge in [-0.05, 0) is 58.1 Å². The van der Waals surface area contributed by atoms with Crippen LogP contribution >= 0.6 is 0 Å². The van der Waals surface area contributed by atoms with Crippen LogP contribution in [0.25, 0.3) is 5.69 Å². The summed E-state index contributed by atoms with van der Waals surface area (Å²) in [4.78, 5) is 14.8. The lowest BCUT2D eigenvalue weighted by Gasteiger charge is -2.25. The van der Waals surface area contributed by atoms with Gasteiger partial charge in [-0.1, -0.05) is 47.2 Å². The SMILES string of the molecule is Cc1ccc(C(CNC(=O)c2nnn(-c3cccc(C)c3)c2C)N(C)C)cc1. The average Bonchev–Trinajstić information content (AvgIpc) is 3.04. The van der Waals surface area contributed by atoms with E-state index in [1.807, 2.05) is 52.2 Å². The highest BCUT2D eigenvalue weighted by Gasteiger charge is 2.20. The highest BCUT2D eigenvalue weighted by atomic mass is 16.2. The second-order valence-corrected chi connectivity index (χ2v) is 7.37. The van der Waals surface area contributed by atoms with Crippen molar-refractivity contribution in [2.24, 2.45) is 0 Å². The normalized spacial score (nSPS) is 12.2. The van der Waals surface area contributed by atoms with Crippen molar-refractivity contribution in [3.8, 4) is 5.69 Å². The fourth-order valence-electron chi connectivity index (χ4n) is 3.20. The van der Waals surface area contributed by atoms with Gasteiger partial charge in [-0.2, -0.15) is 0 Å². The number of carbonyl (C=O) groups excluding carboxylic acids is 1. The van der Waals surface area contributed by atoms with Gasteiger partial charge in [0.05, 0.1) is 17.4 Å². The van der Waals surface area contributed by atoms with E-state index in [0.29, 0.717) is 12.2 Å². The summed E-state index contributed by atoms with van der Waals surface area (Å²) in [5.74, 6) is -0.213. The van der Waals surface area contributed by atoms with Crippen LogP contribution in [-0.4, -0.2) is 46.4 Å². The summed E-state index contributed by atoms with van der Waals surface area (Å²) < 4.78 is 1.70. The van der Waals surface area contributed by atoms with E-state index in [1.165, 1.54) is 5.56 Å². The molecule has 0 spiro atoms. The summed E-state index contributed by atoms with van der Waals surface area (Å²) in [5, 5.41) is 11.3. The second kappa shape index (κ2) is 8.35. The van der Waals surface area contributed by atoms with Crippen LogP contribution in [0.4, 0.5) is 0 Å².